The Kier molecular flexibility index (Phi) is 60.8. The molecule has 128 valence electrons. The Bertz CT molecular complexity index is 99.8. The second-order valence-corrected chi connectivity index (χ2v) is 6.44. The summed E-state index contributed by atoms with van der Waals surface area (Å²) in [5.74, 6) is 0. The Morgan fingerprint density at radius 2 is 0.905 bits per heavy atom. The molecule has 0 bridgehead atoms. The van der Waals surface area contributed by atoms with E-state index in [0.717, 1.165) is 0 Å². The Hall–Kier alpha value is 1.50. The fourth-order valence-electron chi connectivity index (χ4n) is 0.813. The van der Waals surface area contributed by atoms with Crippen LogP contribution in [0.15, 0.2) is 0 Å². The normalized spacial score (nSPS) is 11.1. The van der Waals surface area contributed by atoms with Crippen LogP contribution in [0.3, 0.4) is 0 Å². The summed E-state index contributed by atoms with van der Waals surface area (Å²) in [6, 6.07) is 0. The summed E-state index contributed by atoms with van der Waals surface area (Å²) in [6.45, 7) is 16.8. The molecular weight excluding hydrogens is 399 g/mol. The van der Waals surface area contributed by atoms with E-state index in [9.17, 15) is 0 Å². The minimum absolute atomic E-state index is 0. The molecule has 0 saturated heterocycles. The van der Waals surface area contributed by atoms with Gasteiger partial charge >= 0.3 is 23.9 Å². The summed E-state index contributed by atoms with van der Waals surface area (Å²) in [7, 11) is 0. The SMILES string of the molecule is CCCC(C)[S-].CCCC(C)[S-].C[CH]CC.C[CH]CC.[Sn+2]. The van der Waals surface area contributed by atoms with Crippen molar-refractivity contribution in [2.24, 2.45) is 0 Å². The van der Waals surface area contributed by atoms with Crippen LogP contribution in [0.4, 0.5) is 0 Å². The fraction of sp³-hybridized carbons (Fsp3) is 0.889. The summed E-state index contributed by atoms with van der Waals surface area (Å²) >= 11 is 9.76. The van der Waals surface area contributed by atoms with Gasteiger partial charge in [0.15, 0.2) is 0 Å². The summed E-state index contributed by atoms with van der Waals surface area (Å²) < 4.78 is 0. The van der Waals surface area contributed by atoms with Crippen LogP contribution in [-0.4, -0.2) is 34.4 Å². The molecule has 4 radical (unpaired) electrons. The van der Waals surface area contributed by atoms with Gasteiger partial charge < -0.3 is 25.3 Å². The summed E-state index contributed by atoms with van der Waals surface area (Å²) in [4.78, 5) is 0. The first-order chi connectivity index (χ1) is 9.37. The Morgan fingerprint density at radius 3 is 0.905 bits per heavy atom. The Labute approximate surface area is 165 Å². The number of rotatable bonds is 6. The average molecular weight is 439 g/mol. The molecule has 0 saturated carbocycles. The van der Waals surface area contributed by atoms with Gasteiger partial charge in [-0.2, -0.15) is 10.5 Å². The minimum Gasteiger partial charge on any atom is -0.789 e. The van der Waals surface area contributed by atoms with Crippen LogP contribution >= 0.6 is 0 Å². The smallest absolute Gasteiger partial charge is 0.789 e. The molecule has 2 unspecified atom stereocenters. The van der Waals surface area contributed by atoms with Gasteiger partial charge in [-0.25, -0.2) is 0 Å². The van der Waals surface area contributed by atoms with E-state index in [1.165, 1.54) is 38.5 Å². The van der Waals surface area contributed by atoms with Crippen LogP contribution in [0.5, 0.6) is 0 Å². The van der Waals surface area contributed by atoms with Gasteiger partial charge in [0.1, 0.15) is 0 Å². The largest absolute Gasteiger partial charge is 2.00 e. The molecule has 0 aromatic heterocycles. The predicted octanol–water partition coefficient (Wildman–Crippen LogP) is 6.30. The van der Waals surface area contributed by atoms with Crippen LogP contribution in [0.1, 0.15) is 93.9 Å². The molecule has 2 atom stereocenters. The van der Waals surface area contributed by atoms with Gasteiger partial charge in [-0.15, -0.1) is 0 Å². The molecule has 3 heteroatoms. The van der Waals surface area contributed by atoms with Crippen molar-refractivity contribution in [2.75, 3.05) is 0 Å². The molecule has 0 aromatic carbocycles. The van der Waals surface area contributed by atoms with Gasteiger partial charge in [0, 0.05) is 0 Å². The van der Waals surface area contributed by atoms with Crippen molar-refractivity contribution >= 4 is 49.2 Å². The number of unbranched alkanes of at least 4 members (excludes halogenated alkanes) is 2. The van der Waals surface area contributed by atoms with Crippen molar-refractivity contribution in [3.8, 4) is 0 Å². The van der Waals surface area contributed by atoms with Crippen molar-refractivity contribution < 1.29 is 0 Å². The van der Waals surface area contributed by atoms with Gasteiger partial charge in [0.25, 0.3) is 0 Å². The van der Waals surface area contributed by atoms with Gasteiger partial charge in [-0.05, 0) is 12.8 Å². The molecule has 0 amide bonds. The van der Waals surface area contributed by atoms with E-state index in [1.807, 2.05) is 0 Å². The van der Waals surface area contributed by atoms with Crippen LogP contribution in [0.2, 0.25) is 0 Å². The average Bonchev–Trinajstić information content (AvgIpc) is 2.39. The van der Waals surface area contributed by atoms with Crippen molar-refractivity contribution in [1.82, 2.24) is 0 Å². The van der Waals surface area contributed by atoms with Crippen molar-refractivity contribution in [3.63, 3.8) is 0 Å². The van der Waals surface area contributed by atoms with Gasteiger partial charge in [0.2, 0.25) is 0 Å². The topological polar surface area (TPSA) is 0 Å². The second-order valence-electron chi connectivity index (χ2n) is 4.83. The maximum Gasteiger partial charge on any atom is 2.00 e. The van der Waals surface area contributed by atoms with E-state index < -0.39 is 0 Å². The third-order valence-electron chi connectivity index (χ3n) is 2.21. The van der Waals surface area contributed by atoms with Crippen molar-refractivity contribution in [2.45, 2.75) is 104 Å². The van der Waals surface area contributed by atoms with Crippen molar-refractivity contribution in [1.29, 1.82) is 0 Å². The zero-order valence-electron chi connectivity index (χ0n) is 15.9. The zero-order valence-corrected chi connectivity index (χ0v) is 20.4. The van der Waals surface area contributed by atoms with Gasteiger partial charge in [-0.3, -0.25) is 0 Å². The maximum absolute atomic E-state index is 4.88. The molecule has 0 rings (SSSR count). The number of hydrogen-bond acceptors (Lipinski definition) is 2. The Morgan fingerprint density at radius 1 is 0.714 bits per heavy atom. The van der Waals surface area contributed by atoms with E-state index in [-0.39, 0.29) is 23.9 Å². The molecule has 0 aliphatic rings. The zero-order chi connectivity index (χ0) is 16.8. The molecule has 0 fully saturated rings. The first-order valence-electron chi connectivity index (χ1n) is 8.24. The molecule has 0 aromatic rings. The first kappa shape index (κ1) is 34.0. The molecular formula is C18H40S2Sn. The Balaban J connectivity index is -0.0000000544. The molecule has 0 aliphatic heterocycles. The third kappa shape index (κ3) is 90.6. The molecule has 0 N–H and O–H groups in total. The molecule has 0 spiro atoms. The molecule has 0 aliphatic carbocycles. The van der Waals surface area contributed by atoms with E-state index >= 15 is 0 Å². The standard InChI is InChI=1S/2C5H12S.2C4H9.Sn/c2*1-3-4-5(2)6;2*1-3-4-2;/h2*5-6H,3-4H2,1-2H3;2*3H,4H2,1-2H3;/q;;;;+2/p-2. The van der Waals surface area contributed by atoms with Gasteiger partial charge in [-0.1, -0.05) is 93.9 Å². The quantitative estimate of drug-likeness (QED) is 0.352. The van der Waals surface area contributed by atoms with Crippen LogP contribution in [0, 0.1) is 12.8 Å². The molecule has 0 nitrogen and oxygen atoms in total. The van der Waals surface area contributed by atoms with Crippen LogP contribution in [-0.2, 0) is 25.3 Å². The summed E-state index contributed by atoms with van der Waals surface area (Å²) in [5.41, 5.74) is 0. The molecule has 0 heterocycles. The van der Waals surface area contributed by atoms with Crippen LogP contribution in [0.25, 0.3) is 0 Å². The van der Waals surface area contributed by atoms with E-state index in [0.29, 0.717) is 10.5 Å². The monoisotopic (exact) mass is 440 g/mol. The third-order valence-corrected chi connectivity index (χ3v) is 2.68. The maximum atomic E-state index is 4.88. The van der Waals surface area contributed by atoms with Crippen molar-refractivity contribution in [3.05, 3.63) is 12.8 Å². The summed E-state index contributed by atoms with van der Waals surface area (Å²) in [5, 5.41) is 0.963. The van der Waals surface area contributed by atoms with E-state index in [1.54, 1.807) is 0 Å². The molecule has 21 heavy (non-hydrogen) atoms. The first-order valence-corrected chi connectivity index (χ1v) is 9.19. The second kappa shape index (κ2) is 37.6. The predicted molar refractivity (Wildman–Crippen MR) is 110 cm³/mol. The van der Waals surface area contributed by atoms with Crippen LogP contribution < -0.4 is 0 Å². The summed E-state index contributed by atoms with van der Waals surface area (Å²) in [6.07, 6.45) is 11.5. The van der Waals surface area contributed by atoms with E-state index in [2.05, 4.69) is 68.2 Å². The fourth-order valence-corrected chi connectivity index (χ4v) is 1.28. The minimum atomic E-state index is 0. The van der Waals surface area contributed by atoms with Gasteiger partial charge in [0.05, 0.1) is 0 Å². The van der Waals surface area contributed by atoms with E-state index in [4.69, 9.17) is 25.3 Å². The number of hydrogen-bond donors (Lipinski definition) is 0.